The van der Waals surface area contributed by atoms with Crippen molar-refractivity contribution < 1.29 is 14.7 Å². The summed E-state index contributed by atoms with van der Waals surface area (Å²) in [4.78, 5) is 27.5. The first-order chi connectivity index (χ1) is 13.4. The predicted octanol–water partition coefficient (Wildman–Crippen LogP) is 4.64. The molecule has 1 saturated heterocycles. The molecule has 7 heteroatoms. The molecule has 0 unspecified atom stereocenters. The standard InChI is InChI=1S/C21H22Cl2N2O3/c1-2-17-12-24(20(26)11-21(27)28)13-19(14-3-5-15(22)6-4-14)25(17)18-9-7-16(23)8-10-18/h3-10,17,19H,2,11-13H2,1H3,(H,27,28)/t17-,19-/m0/s1. The summed E-state index contributed by atoms with van der Waals surface area (Å²) >= 11 is 12.1. The van der Waals surface area contributed by atoms with Crippen molar-refractivity contribution in [1.82, 2.24) is 4.90 Å². The Bertz CT molecular complexity index is 840. The van der Waals surface area contributed by atoms with E-state index in [9.17, 15) is 9.59 Å². The Hall–Kier alpha value is -2.24. The van der Waals surface area contributed by atoms with Crippen molar-refractivity contribution >= 4 is 40.8 Å². The molecule has 148 valence electrons. The molecule has 0 spiro atoms. The third kappa shape index (κ3) is 4.59. The number of benzene rings is 2. The number of piperazine rings is 1. The zero-order valence-corrected chi connectivity index (χ0v) is 17.0. The highest BCUT2D eigenvalue weighted by atomic mass is 35.5. The molecule has 0 bridgehead atoms. The highest BCUT2D eigenvalue weighted by Gasteiger charge is 2.36. The lowest BCUT2D eigenvalue weighted by molar-refractivity contribution is -0.144. The summed E-state index contributed by atoms with van der Waals surface area (Å²) in [6.45, 7) is 2.96. The van der Waals surface area contributed by atoms with Gasteiger partial charge in [-0.15, -0.1) is 0 Å². The number of carboxylic acids is 1. The number of hydrogen-bond donors (Lipinski definition) is 1. The molecule has 1 aliphatic heterocycles. The van der Waals surface area contributed by atoms with Crippen molar-refractivity contribution in [2.45, 2.75) is 31.8 Å². The van der Waals surface area contributed by atoms with E-state index in [1.54, 1.807) is 4.90 Å². The Kier molecular flexibility index (Phi) is 6.47. The topological polar surface area (TPSA) is 60.9 Å². The molecular weight excluding hydrogens is 399 g/mol. The van der Waals surface area contributed by atoms with E-state index in [2.05, 4.69) is 11.8 Å². The number of carbonyl (C=O) groups is 2. The fraction of sp³-hybridized carbons (Fsp3) is 0.333. The first-order valence-corrected chi connectivity index (χ1v) is 9.93. The summed E-state index contributed by atoms with van der Waals surface area (Å²) in [6, 6.07) is 15.1. The van der Waals surface area contributed by atoms with Gasteiger partial charge in [-0.3, -0.25) is 9.59 Å². The molecule has 1 heterocycles. The van der Waals surface area contributed by atoms with Crippen LogP contribution in [0.1, 0.15) is 31.4 Å². The van der Waals surface area contributed by atoms with E-state index in [1.165, 1.54) is 0 Å². The van der Waals surface area contributed by atoms with E-state index >= 15 is 0 Å². The maximum Gasteiger partial charge on any atom is 0.312 e. The molecule has 0 aromatic heterocycles. The number of carbonyl (C=O) groups excluding carboxylic acids is 1. The minimum absolute atomic E-state index is 0.0494. The highest BCUT2D eigenvalue weighted by Crippen LogP contribution is 2.36. The van der Waals surface area contributed by atoms with Gasteiger partial charge in [0.2, 0.25) is 5.91 Å². The smallest absolute Gasteiger partial charge is 0.312 e. The van der Waals surface area contributed by atoms with Crippen LogP contribution in [0.2, 0.25) is 10.0 Å². The molecular formula is C21H22Cl2N2O3. The number of rotatable bonds is 5. The van der Waals surface area contributed by atoms with Gasteiger partial charge in [0.05, 0.1) is 6.04 Å². The van der Waals surface area contributed by atoms with Gasteiger partial charge in [0.1, 0.15) is 6.42 Å². The van der Waals surface area contributed by atoms with Crippen molar-refractivity contribution in [3.63, 3.8) is 0 Å². The van der Waals surface area contributed by atoms with E-state index in [0.29, 0.717) is 23.1 Å². The van der Waals surface area contributed by atoms with Gasteiger partial charge in [-0.05, 0) is 48.4 Å². The van der Waals surface area contributed by atoms with E-state index in [-0.39, 0.29) is 18.0 Å². The van der Waals surface area contributed by atoms with Crippen LogP contribution >= 0.6 is 23.2 Å². The van der Waals surface area contributed by atoms with Gasteiger partial charge in [-0.1, -0.05) is 42.3 Å². The Morgan fingerprint density at radius 3 is 2.11 bits per heavy atom. The zero-order valence-electron chi connectivity index (χ0n) is 15.5. The van der Waals surface area contributed by atoms with Gasteiger partial charge in [-0.2, -0.15) is 0 Å². The van der Waals surface area contributed by atoms with Crippen LogP contribution in [0.15, 0.2) is 48.5 Å². The molecule has 3 rings (SSSR count). The zero-order chi connectivity index (χ0) is 20.3. The molecule has 2 atom stereocenters. The summed E-state index contributed by atoms with van der Waals surface area (Å²) in [5.41, 5.74) is 2.03. The Labute approximate surface area is 174 Å². The second kappa shape index (κ2) is 8.84. The molecule has 0 radical (unpaired) electrons. The summed E-state index contributed by atoms with van der Waals surface area (Å²) in [5, 5.41) is 10.3. The molecule has 1 fully saturated rings. The van der Waals surface area contributed by atoms with Crippen LogP contribution in [-0.2, 0) is 9.59 Å². The minimum atomic E-state index is -1.11. The maximum absolute atomic E-state index is 12.5. The van der Waals surface area contributed by atoms with Crippen molar-refractivity contribution in [3.8, 4) is 0 Å². The lowest BCUT2D eigenvalue weighted by Crippen LogP contribution is -2.56. The number of carboxylic acid groups (broad SMARTS) is 1. The Morgan fingerprint density at radius 1 is 1.00 bits per heavy atom. The number of anilines is 1. The molecule has 1 N–H and O–H groups in total. The largest absolute Gasteiger partial charge is 0.481 e. The van der Waals surface area contributed by atoms with Gasteiger partial charge < -0.3 is 14.9 Å². The lowest BCUT2D eigenvalue weighted by Gasteiger charge is -2.48. The average Bonchev–Trinajstić information content (AvgIpc) is 2.68. The fourth-order valence-corrected chi connectivity index (χ4v) is 3.95. The summed E-state index contributed by atoms with van der Waals surface area (Å²) < 4.78 is 0. The van der Waals surface area contributed by atoms with Crippen molar-refractivity contribution in [2.24, 2.45) is 0 Å². The quantitative estimate of drug-likeness (QED) is 0.715. The van der Waals surface area contributed by atoms with Crippen LogP contribution in [0.25, 0.3) is 0 Å². The number of nitrogens with zero attached hydrogens (tertiary/aromatic N) is 2. The van der Waals surface area contributed by atoms with Gasteiger partial charge in [0, 0.05) is 34.9 Å². The molecule has 2 aromatic carbocycles. The van der Waals surface area contributed by atoms with E-state index < -0.39 is 12.4 Å². The maximum atomic E-state index is 12.5. The monoisotopic (exact) mass is 420 g/mol. The third-order valence-electron chi connectivity index (χ3n) is 5.06. The Morgan fingerprint density at radius 2 is 1.57 bits per heavy atom. The molecule has 2 aromatic rings. The van der Waals surface area contributed by atoms with Crippen molar-refractivity contribution in [1.29, 1.82) is 0 Å². The number of amides is 1. The second-order valence-electron chi connectivity index (χ2n) is 6.88. The summed E-state index contributed by atoms with van der Waals surface area (Å²) in [6.07, 6.45) is 0.314. The van der Waals surface area contributed by atoms with Crippen LogP contribution in [-0.4, -0.2) is 41.0 Å². The first kappa shape index (κ1) is 20.5. The molecule has 1 aliphatic rings. The summed E-state index contributed by atoms with van der Waals surface area (Å²) in [5.74, 6) is -1.47. The second-order valence-corrected chi connectivity index (χ2v) is 7.76. The van der Waals surface area contributed by atoms with Crippen LogP contribution in [0.4, 0.5) is 5.69 Å². The minimum Gasteiger partial charge on any atom is -0.481 e. The lowest BCUT2D eigenvalue weighted by atomic mass is 9.96. The van der Waals surface area contributed by atoms with Crippen molar-refractivity contribution in [3.05, 3.63) is 64.1 Å². The van der Waals surface area contributed by atoms with Gasteiger partial charge in [0.15, 0.2) is 0 Å². The van der Waals surface area contributed by atoms with Gasteiger partial charge in [-0.25, -0.2) is 0 Å². The first-order valence-electron chi connectivity index (χ1n) is 9.18. The highest BCUT2D eigenvalue weighted by molar-refractivity contribution is 6.30. The normalized spacial score (nSPS) is 19.5. The average molecular weight is 421 g/mol. The van der Waals surface area contributed by atoms with Crippen LogP contribution in [0, 0.1) is 0 Å². The number of aliphatic carboxylic acids is 1. The third-order valence-corrected chi connectivity index (χ3v) is 5.56. The van der Waals surface area contributed by atoms with E-state index in [4.69, 9.17) is 28.3 Å². The number of halogens is 2. The Balaban J connectivity index is 1.99. The van der Waals surface area contributed by atoms with Crippen LogP contribution in [0.5, 0.6) is 0 Å². The molecule has 1 amide bonds. The van der Waals surface area contributed by atoms with Gasteiger partial charge in [0.25, 0.3) is 0 Å². The SMILES string of the molecule is CC[C@H]1CN(C(=O)CC(=O)O)C[C@@H](c2ccc(Cl)cc2)N1c1ccc(Cl)cc1. The summed E-state index contributed by atoms with van der Waals surface area (Å²) in [7, 11) is 0. The predicted molar refractivity (Wildman–Crippen MR) is 111 cm³/mol. The number of hydrogen-bond acceptors (Lipinski definition) is 3. The fourth-order valence-electron chi connectivity index (χ4n) is 3.69. The van der Waals surface area contributed by atoms with E-state index in [0.717, 1.165) is 17.7 Å². The van der Waals surface area contributed by atoms with Crippen LogP contribution < -0.4 is 4.90 Å². The molecule has 0 saturated carbocycles. The van der Waals surface area contributed by atoms with E-state index in [1.807, 2.05) is 48.5 Å². The molecule has 5 nitrogen and oxygen atoms in total. The molecule has 28 heavy (non-hydrogen) atoms. The van der Waals surface area contributed by atoms with Crippen molar-refractivity contribution in [2.75, 3.05) is 18.0 Å². The van der Waals surface area contributed by atoms with Crippen LogP contribution in [0.3, 0.4) is 0 Å². The van der Waals surface area contributed by atoms with Gasteiger partial charge >= 0.3 is 5.97 Å². The molecule has 0 aliphatic carbocycles.